The first-order chi connectivity index (χ1) is 6.65. The summed E-state index contributed by atoms with van der Waals surface area (Å²) in [7, 11) is 0. The van der Waals surface area contributed by atoms with Gasteiger partial charge in [-0.1, -0.05) is 13.8 Å². The fourth-order valence-electron chi connectivity index (χ4n) is 3.37. The Morgan fingerprint density at radius 1 is 1.14 bits per heavy atom. The monoisotopic (exact) mass is 196 g/mol. The molecule has 2 fully saturated rings. The van der Waals surface area contributed by atoms with E-state index in [4.69, 9.17) is 4.74 Å². The van der Waals surface area contributed by atoms with Gasteiger partial charge in [-0.05, 0) is 56.8 Å². The minimum absolute atomic E-state index is 0.472. The van der Waals surface area contributed by atoms with Crippen LogP contribution in [0.25, 0.3) is 0 Å². The molecule has 4 atom stereocenters. The van der Waals surface area contributed by atoms with E-state index in [1.165, 1.54) is 32.1 Å². The third kappa shape index (κ3) is 2.31. The van der Waals surface area contributed by atoms with Crippen LogP contribution in [0.3, 0.4) is 0 Å². The van der Waals surface area contributed by atoms with Gasteiger partial charge in [0.2, 0.25) is 0 Å². The highest BCUT2D eigenvalue weighted by Crippen LogP contribution is 2.46. The number of ether oxygens (including phenoxy) is 1. The van der Waals surface area contributed by atoms with Gasteiger partial charge in [-0.3, -0.25) is 0 Å². The van der Waals surface area contributed by atoms with Crippen LogP contribution in [-0.2, 0) is 4.74 Å². The zero-order chi connectivity index (χ0) is 10.1. The van der Waals surface area contributed by atoms with Crippen LogP contribution in [0.15, 0.2) is 0 Å². The summed E-state index contributed by atoms with van der Waals surface area (Å²) in [5.41, 5.74) is 0. The largest absolute Gasteiger partial charge is 0.375 e. The van der Waals surface area contributed by atoms with Crippen molar-refractivity contribution >= 4 is 0 Å². The van der Waals surface area contributed by atoms with Gasteiger partial charge in [0.1, 0.15) is 0 Å². The third-order valence-corrected chi connectivity index (χ3v) is 3.88. The topological polar surface area (TPSA) is 9.23 Å². The summed E-state index contributed by atoms with van der Waals surface area (Å²) >= 11 is 0. The lowest BCUT2D eigenvalue weighted by molar-refractivity contribution is -0.0385. The predicted octanol–water partition coefficient (Wildman–Crippen LogP) is 3.63. The van der Waals surface area contributed by atoms with Gasteiger partial charge in [0.05, 0.1) is 12.2 Å². The first-order valence-corrected chi connectivity index (χ1v) is 6.30. The summed E-state index contributed by atoms with van der Waals surface area (Å²) in [6.45, 7) is 6.80. The van der Waals surface area contributed by atoms with Crippen molar-refractivity contribution in [1.29, 1.82) is 0 Å². The molecule has 0 aromatic carbocycles. The van der Waals surface area contributed by atoms with E-state index in [9.17, 15) is 0 Å². The van der Waals surface area contributed by atoms with Gasteiger partial charge < -0.3 is 4.74 Å². The Bertz CT molecular complexity index is 188. The highest BCUT2D eigenvalue weighted by molar-refractivity contribution is 4.91. The standard InChI is InChI=1S/C13H24O/c1-9(2)6-10(3)14-13-8-11-4-5-12(13)7-11/h9-13H,4-8H2,1-3H3. The molecule has 2 rings (SSSR count). The van der Waals surface area contributed by atoms with Gasteiger partial charge in [-0.15, -0.1) is 0 Å². The van der Waals surface area contributed by atoms with Crippen molar-refractivity contribution in [3.8, 4) is 0 Å². The van der Waals surface area contributed by atoms with Crippen molar-refractivity contribution in [3.63, 3.8) is 0 Å². The van der Waals surface area contributed by atoms with Gasteiger partial charge in [0.15, 0.2) is 0 Å². The lowest BCUT2D eigenvalue weighted by Gasteiger charge is -2.26. The van der Waals surface area contributed by atoms with Crippen molar-refractivity contribution in [1.82, 2.24) is 0 Å². The van der Waals surface area contributed by atoms with Gasteiger partial charge in [0.25, 0.3) is 0 Å². The molecular weight excluding hydrogens is 172 g/mol. The zero-order valence-electron chi connectivity index (χ0n) is 9.83. The SMILES string of the molecule is CC(C)CC(C)OC1CC2CCC1C2. The number of hydrogen-bond donors (Lipinski definition) is 0. The van der Waals surface area contributed by atoms with Crippen LogP contribution in [0.1, 0.15) is 52.9 Å². The molecule has 82 valence electrons. The van der Waals surface area contributed by atoms with E-state index < -0.39 is 0 Å². The second-order valence-corrected chi connectivity index (χ2v) is 5.79. The lowest BCUT2D eigenvalue weighted by Crippen LogP contribution is -2.26. The summed E-state index contributed by atoms with van der Waals surface area (Å²) < 4.78 is 6.16. The minimum Gasteiger partial charge on any atom is -0.375 e. The molecule has 0 aromatic heterocycles. The van der Waals surface area contributed by atoms with Crippen molar-refractivity contribution in [2.75, 3.05) is 0 Å². The van der Waals surface area contributed by atoms with Crippen LogP contribution < -0.4 is 0 Å². The molecule has 14 heavy (non-hydrogen) atoms. The van der Waals surface area contributed by atoms with Crippen LogP contribution in [-0.4, -0.2) is 12.2 Å². The smallest absolute Gasteiger partial charge is 0.0609 e. The molecule has 0 radical (unpaired) electrons. The summed E-state index contributed by atoms with van der Waals surface area (Å²) in [6.07, 6.45) is 8.02. The Hall–Kier alpha value is -0.0400. The molecule has 0 N–H and O–H groups in total. The first kappa shape index (κ1) is 10.5. The van der Waals surface area contributed by atoms with Crippen molar-refractivity contribution < 1.29 is 4.74 Å². The van der Waals surface area contributed by atoms with Crippen LogP contribution in [0.2, 0.25) is 0 Å². The molecule has 1 heteroatoms. The molecule has 2 aliphatic rings. The number of hydrogen-bond acceptors (Lipinski definition) is 1. The summed E-state index contributed by atoms with van der Waals surface area (Å²) in [5, 5.41) is 0. The van der Waals surface area contributed by atoms with E-state index in [-0.39, 0.29) is 0 Å². The molecule has 2 saturated carbocycles. The van der Waals surface area contributed by atoms with Crippen molar-refractivity contribution in [2.24, 2.45) is 17.8 Å². The van der Waals surface area contributed by atoms with Gasteiger partial charge in [-0.2, -0.15) is 0 Å². The molecule has 2 bridgehead atoms. The maximum atomic E-state index is 6.16. The second kappa shape index (κ2) is 4.22. The third-order valence-electron chi connectivity index (χ3n) is 3.88. The maximum Gasteiger partial charge on any atom is 0.0609 e. The average molecular weight is 196 g/mol. The lowest BCUT2D eigenvalue weighted by atomic mass is 9.97. The quantitative estimate of drug-likeness (QED) is 0.667. The molecule has 2 aliphatic carbocycles. The molecule has 0 aromatic rings. The van der Waals surface area contributed by atoms with E-state index in [0.29, 0.717) is 12.2 Å². The Morgan fingerprint density at radius 3 is 2.43 bits per heavy atom. The Kier molecular flexibility index (Phi) is 3.16. The van der Waals surface area contributed by atoms with E-state index in [1.807, 2.05) is 0 Å². The fourth-order valence-corrected chi connectivity index (χ4v) is 3.37. The molecule has 1 nitrogen and oxygen atoms in total. The Labute approximate surface area is 88.2 Å². The summed E-state index contributed by atoms with van der Waals surface area (Å²) in [4.78, 5) is 0. The van der Waals surface area contributed by atoms with Crippen LogP contribution in [0.4, 0.5) is 0 Å². The van der Waals surface area contributed by atoms with Crippen molar-refractivity contribution in [3.05, 3.63) is 0 Å². The van der Waals surface area contributed by atoms with Gasteiger partial charge >= 0.3 is 0 Å². The molecule has 0 amide bonds. The highest BCUT2D eigenvalue weighted by Gasteiger charge is 2.40. The van der Waals surface area contributed by atoms with Crippen LogP contribution >= 0.6 is 0 Å². The van der Waals surface area contributed by atoms with E-state index in [1.54, 1.807) is 0 Å². The Morgan fingerprint density at radius 2 is 1.93 bits per heavy atom. The predicted molar refractivity (Wildman–Crippen MR) is 59.2 cm³/mol. The van der Waals surface area contributed by atoms with Crippen LogP contribution in [0, 0.1) is 17.8 Å². The second-order valence-electron chi connectivity index (χ2n) is 5.79. The van der Waals surface area contributed by atoms with Crippen LogP contribution in [0.5, 0.6) is 0 Å². The molecule has 0 heterocycles. The van der Waals surface area contributed by atoms with Gasteiger partial charge in [0, 0.05) is 0 Å². The van der Waals surface area contributed by atoms with Gasteiger partial charge in [-0.25, -0.2) is 0 Å². The first-order valence-electron chi connectivity index (χ1n) is 6.30. The number of rotatable bonds is 4. The molecule has 0 aliphatic heterocycles. The van der Waals surface area contributed by atoms with Crippen molar-refractivity contribution in [2.45, 2.75) is 65.1 Å². The normalized spacial score (nSPS) is 38.1. The molecule has 0 saturated heterocycles. The Balaban J connectivity index is 1.75. The zero-order valence-corrected chi connectivity index (χ0v) is 9.83. The summed E-state index contributed by atoms with van der Waals surface area (Å²) in [6, 6.07) is 0. The van der Waals surface area contributed by atoms with E-state index in [2.05, 4.69) is 20.8 Å². The number of fused-ring (bicyclic) bond motifs is 2. The minimum atomic E-state index is 0.472. The molecule has 0 spiro atoms. The van der Waals surface area contributed by atoms with E-state index >= 15 is 0 Å². The fraction of sp³-hybridized carbons (Fsp3) is 1.00. The maximum absolute atomic E-state index is 6.16. The summed E-state index contributed by atoms with van der Waals surface area (Å²) in [5.74, 6) is 2.69. The molecule has 4 unspecified atom stereocenters. The highest BCUT2D eigenvalue weighted by atomic mass is 16.5. The molecular formula is C13H24O. The average Bonchev–Trinajstić information content (AvgIpc) is 2.62. The van der Waals surface area contributed by atoms with E-state index in [0.717, 1.165) is 17.8 Å².